The molecule has 1 unspecified atom stereocenters. The van der Waals surface area contributed by atoms with Crippen molar-refractivity contribution in [2.24, 2.45) is 0 Å². The summed E-state index contributed by atoms with van der Waals surface area (Å²) in [5.41, 5.74) is 0.0842. The summed E-state index contributed by atoms with van der Waals surface area (Å²) in [5.74, 6) is -3.18. The summed E-state index contributed by atoms with van der Waals surface area (Å²) in [6, 6.07) is 2.71. The van der Waals surface area contributed by atoms with E-state index in [1.54, 1.807) is 19.9 Å². The Balaban J connectivity index is 1.43. The number of ether oxygens (including phenoxy) is 2. The highest BCUT2D eigenvalue weighted by atomic mass is 19.1. The van der Waals surface area contributed by atoms with E-state index in [4.69, 9.17) is 14.6 Å². The minimum Gasteiger partial charge on any atom is -0.467 e. The quantitative estimate of drug-likeness (QED) is 0.243. The molecule has 1 atom stereocenters. The van der Waals surface area contributed by atoms with Gasteiger partial charge in [0.1, 0.15) is 12.3 Å². The van der Waals surface area contributed by atoms with E-state index in [-0.39, 0.29) is 54.4 Å². The fourth-order valence-corrected chi connectivity index (χ4v) is 5.67. The first-order chi connectivity index (χ1) is 20.0. The third-order valence-corrected chi connectivity index (χ3v) is 7.88. The number of aliphatic hydroxyl groups is 1. The maximum atomic E-state index is 15.2. The van der Waals surface area contributed by atoms with Crippen molar-refractivity contribution in [3.63, 3.8) is 0 Å². The second-order valence-corrected chi connectivity index (χ2v) is 10.1. The van der Waals surface area contributed by atoms with E-state index in [1.165, 1.54) is 4.57 Å². The van der Waals surface area contributed by atoms with Gasteiger partial charge < -0.3 is 34.9 Å². The predicted molar refractivity (Wildman–Crippen MR) is 141 cm³/mol. The van der Waals surface area contributed by atoms with Crippen molar-refractivity contribution in [3.8, 4) is 17.1 Å². The first-order valence-electron chi connectivity index (χ1n) is 13.0. The van der Waals surface area contributed by atoms with Crippen molar-refractivity contribution in [2.45, 2.75) is 39.0 Å². The maximum Gasteiger partial charge on any atom is 0.405 e. The molecule has 1 aromatic carbocycles. The van der Waals surface area contributed by atoms with E-state index in [2.05, 4.69) is 10.3 Å². The van der Waals surface area contributed by atoms with E-state index in [9.17, 15) is 29.1 Å². The normalized spacial score (nSPS) is 18.0. The second-order valence-electron chi connectivity index (χ2n) is 10.1. The van der Waals surface area contributed by atoms with Crippen molar-refractivity contribution >= 4 is 40.5 Å². The van der Waals surface area contributed by atoms with Crippen molar-refractivity contribution in [3.05, 3.63) is 50.6 Å². The molecule has 0 bridgehead atoms. The van der Waals surface area contributed by atoms with Crippen LogP contribution in [0.1, 0.15) is 35.6 Å². The number of carbonyl (C=O) groups is 4. The Morgan fingerprint density at radius 2 is 1.90 bits per heavy atom. The lowest BCUT2D eigenvalue weighted by Gasteiger charge is -2.31. The maximum absolute atomic E-state index is 15.2. The van der Waals surface area contributed by atoms with Gasteiger partial charge in [0.05, 0.1) is 42.1 Å². The number of fused-ring (bicyclic) bond motifs is 7. The Hall–Kier alpha value is -5.05. The van der Waals surface area contributed by atoms with Gasteiger partial charge in [-0.3, -0.25) is 19.3 Å². The molecule has 5 heterocycles. The number of benzene rings is 1. The van der Waals surface area contributed by atoms with Gasteiger partial charge in [0.15, 0.2) is 23.9 Å². The average molecular weight is 582 g/mol. The zero-order valence-electron chi connectivity index (χ0n) is 22.4. The minimum atomic E-state index is -2.00. The molecule has 0 spiro atoms. The van der Waals surface area contributed by atoms with Crippen LogP contribution in [0, 0.1) is 12.7 Å². The molecule has 15 heteroatoms. The lowest BCUT2D eigenvalue weighted by atomic mass is 9.86. The molecule has 218 valence electrons. The summed E-state index contributed by atoms with van der Waals surface area (Å²) in [7, 11) is 0. The molecule has 4 N–H and O–H groups in total. The topological polar surface area (TPSA) is 189 Å². The molecule has 0 radical (unpaired) electrons. The number of aromatic nitrogens is 2. The van der Waals surface area contributed by atoms with Crippen LogP contribution in [0.5, 0.6) is 5.75 Å². The zero-order valence-corrected chi connectivity index (χ0v) is 22.4. The number of carbonyl (C=O) groups excluding carboxylic acids is 3. The van der Waals surface area contributed by atoms with Crippen molar-refractivity contribution in [2.75, 3.05) is 24.7 Å². The van der Waals surface area contributed by atoms with E-state index >= 15 is 4.39 Å². The number of amides is 3. The third-order valence-electron chi connectivity index (χ3n) is 7.88. The number of nitrogens with zero attached hydrogens (tertiary/aromatic N) is 3. The molecule has 0 aliphatic carbocycles. The lowest BCUT2D eigenvalue weighted by Crippen LogP contribution is -2.44. The number of nitrogens with one attached hydrogen (secondary N) is 2. The van der Waals surface area contributed by atoms with Crippen LogP contribution in [0.15, 0.2) is 16.9 Å². The predicted octanol–water partition coefficient (Wildman–Crippen LogP) is 0.594. The fraction of sp³-hybridized carbons (Fsp3) is 0.333. The number of carboxylic acid groups (broad SMARTS) is 1. The molecule has 2 aromatic heterocycles. The number of halogens is 1. The van der Waals surface area contributed by atoms with E-state index < -0.39 is 53.9 Å². The molecule has 0 saturated heterocycles. The minimum absolute atomic E-state index is 0.0174. The number of anilines is 1. The molecular weight excluding hydrogens is 557 g/mol. The fourth-order valence-electron chi connectivity index (χ4n) is 5.67. The highest BCUT2D eigenvalue weighted by molar-refractivity contribution is 6.09. The monoisotopic (exact) mass is 581 g/mol. The van der Waals surface area contributed by atoms with Crippen LogP contribution < -0.4 is 25.8 Å². The summed E-state index contributed by atoms with van der Waals surface area (Å²) in [4.78, 5) is 67.3. The molecule has 14 nitrogen and oxygen atoms in total. The van der Waals surface area contributed by atoms with Crippen LogP contribution in [0.2, 0.25) is 0 Å². The van der Waals surface area contributed by atoms with Crippen LogP contribution in [0.25, 0.3) is 22.3 Å². The van der Waals surface area contributed by atoms with Crippen molar-refractivity contribution in [1.82, 2.24) is 20.2 Å². The van der Waals surface area contributed by atoms with Crippen LogP contribution >= 0.6 is 0 Å². The summed E-state index contributed by atoms with van der Waals surface area (Å²) >= 11 is 0. The van der Waals surface area contributed by atoms with Gasteiger partial charge in [-0.1, -0.05) is 6.92 Å². The van der Waals surface area contributed by atoms with Crippen molar-refractivity contribution < 1.29 is 43.3 Å². The molecule has 3 amide bonds. The number of rotatable bonds is 5. The van der Waals surface area contributed by atoms with Crippen LogP contribution in [0.4, 0.5) is 14.9 Å². The number of hydrogen-bond donors (Lipinski definition) is 4. The Morgan fingerprint density at radius 3 is 2.62 bits per heavy atom. The van der Waals surface area contributed by atoms with Gasteiger partial charge in [0.25, 0.3) is 5.56 Å². The first kappa shape index (κ1) is 27.1. The molecular formula is C27H24FN5O9. The Bertz CT molecular complexity index is 1820. The number of pyridine rings is 2. The van der Waals surface area contributed by atoms with E-state index in [1.807, 2.05) is 5.32 Å². The summed E-state index contributed by atoms with van der Waals surface area (Å²) in [6.45, 7) is 1.76. The molecule has 3 aromatic rings. The standard InChI is InChI=1S/C27H24FN5O9/c1-3-27(40)14-4-17-21-12(8-32(17)24(36)13(14)9-41-25(27)37)11(2)20-16(31-21)5-15(28)23-22(20)33(10-42-23)19(35)7-29-18(34)6-30-26(38)39/h4-5,30,40H,3,6-10H2,1-2H3,(H,29,34)(H,38,39). The van der Waals surface area contributed by atoms with Crippen LogP contribution in [0.3, 0.4) is 0 Å². The van der Waals surface area contributed by atoms with Gasteiger partial charge in [-0.2, -0.15) is 0 Å². The van der Waals surface area contributed by atoms with E-state index in [0.717, 1.165) is 11.0 Å². The van der Waals surface area contributed by atoms with Crippen molar-refractivity contribution in [1.29, 1.82) is 0 Å². The summed E-state index contributed by atoms with van der Waals surface area (Å²) in [5, 5.41) is 24.3. The van der Waals surface area contributed by atoms with Gasteiger partial charge in [-0.05, 0) is 25.0 Å². The molecule has 3 aliphatic heterocycles. The Labute approximate surface area is 235 Å². The number of hydrogen-bond acceptors (Lipinski definition) is 9. The number of esters is 1. The van der Waals surface area contributed by atoms with Gasteiger partial charge in [-0.25, -0.2) is 19.0 Å². The van der Waals surface area contributed by atoms with Gasteiger partial charge in [0.2, 0.25) is 11.8 Å². The number of aryl methyl sites for hydroxylation is 1. The zero-order chi connectivity index (χ0) is 30.1. The van der Waals surface area contributed by atoms with Crippen LogP contribution in [-0.2, 0) is 37.9 Å². The highest BCUT2D eigenvalue weighted by Crippen LogP contribution is 2.47. The summed E-state index contributed by atoms with van der Waals surface area (Å²) < 4.78 is 27.3. The van der Waals surface area contributed by atoms with Gasteiger partial charge in [0, 0.05) is 22.6 Å². The third kappa shape index (κ3) is 3.88. The molecule has 3 aliphatic rings. The Morgan fingerprint density at radius 1 is 1.14 bits per heavy atom. The highest BCUT2D eigenvalue weighted by Gasteiger charge is 2.45. The largest absolute Gasteiger partial charge is 0.467 e. The van der Waals surface area contributed by atoms with E-state index in [0.29, 0.717) is 27.9 Å². The SMILES string of the molecule is CCC1(O)C(=O)OCc2c1cc1n(c2=O)Cc2c-1nc1cc(F)c3c(c1c2C)N(C(=O)CNC(=O)CNC(=O)O)CO3. The van der Waals surface area contributed by atoms with Gasteiger partial charge >= 0.3 is 12.1 Å². The number of cyclic esters (lactones) is 1. The molecule has 42 heavy (non-hydrogen) atoms. The molecule has 0 saturated carbocycles. The first-order valence-corrected chi connectivity index (χ1v) is 13.0. The average Bonchev–Trinajstić information content (AvgIpc) is 3.56. The Kier molecular flexibility index (Phi) is 6.14. The van der Waals surface area contributed by atoms with Crippen LogP contribution in [-0.4, -0.2) is 63.5 Å². The summed E-state index contributed by atoms with van der Waals surface area (Å²) in [6.07, 6.45) is -1.42. The molecule has 0 fully saturated rings. The lowest BCUT2D eigenvalue weighted by molar-refractivity contribution is -0.172. The smallest absolute Gasteiger partial charge is 0.405 e. The second kappa shape index (κ2) is 9.51. The van der Waals surface area contributed by atoms with Gasteiger partial charge in [-0.15, -0.1) is 0 Å². The molecule has 6 rings (SSSR count).